The van der Waals surface area contributed by atoms with E-state index in [1.165, 1.54) is 11.1 Å². The summed E-state index contributed by atoms with van der Waals surface area (Å²) in [4.78, 5) is 5.16. The van der Waals surface area contributed by atoms with Crippen molar-refractivity contribution in [2.24, 2.45) is 4.99 Å². The normalized spacial score (nSPS) is 18.8. The molecule has 2 aromatic rings. The highest BCUT2D eigenvalue weighted by Gasteiger charge is 2.43. The number of benzene rings is 2. The van der Waals surface area contributed by atoms with E-state index < -0.39 is 10.0 Å². The average Bonchev–Trinajstić information content (AvgIpc) is 2.79. The van der Waals surface area contributed by atoms with Crippen LogP contribution in [-0.2, 0) is 22.0 Å². The van der Waals surface area contributed by atoms with Gasteiger partial charge in [0.1, 0.15) is 5.84 Å². The van der Waals surface area contributed by atoms with E-state index in [-0.39, 0.29) is 23.4 Å². The second-order valence-corrected chi connectivity index (χ2v) is 12.2. The lowest BCUT2D eigenvalue weighted by atomic mass is 9.85. The first-order chi connectivity index (χ1) is 15.6. The van der Waals surface area contributed by atoms with Crippen molar-refractivity contribution in [2.75, 3.05) is 26.2 Å². The number of amidine groups is 1. The van der Waals surface area contributed by atoms with E-state index >= 15 is 0 Å². The van der Waals surface area contributed by atoms with Crippen LogP contribution >= 0.6 is 12.4 Å². The van der Waals surface area contributed by atoms with Gasteiger partial charge in [-0.2, -0.15) is 4.31 Å². The molecule has 0 unspecified atom stereocenters. The number of piperidine rings is 1. The molecule has 34 heavy (non-hydrogen) atoms. The highest BCUT2D eigenvalue weighted by atomic mass is 35.5. The van der Waals surface area contributed by atoms with Crippen molar-refractivity contribution >= 4 is 28.3 Å². The SMILES string of the molecule is Cc1ccc(CNC2=NCCNC23CCN(S(=O)(=O)c2ccc(C(C)(C)C)cc2)CC3)cc1.Cl. The van der Waals surface area contributed by atoms with Crippen LogP contribution in [0.15, 0.2) is 58.4 Å². The highest BCUT2D eigenvalue weighted by Crippen LogP contribution is 2.30. The summed E-state index contributed by atoms with van der Waals surface area (Å²) in [6, 6.07) is 15.8. The molecule has 2 heterocycles. The van der Waals surface area contributed by atoms with Crippen LogP contribution in [-0.4, -0.2) is 50.3 Å². The lowest BCUT2D eigenvalue weighted by Gasteiger charge is -2.44. The van der Waals surface area contributed by atoms with Gasteiger partial charge in [0.2, 0.25) is 10.0 Å². The minimum Gasteiger partial charge on any atom is -0.368 e. The molecule has 1 fully saturated rings. The van der Waals surface area contributed by atoms with Crippen LogP contribution in [0.5, 0.6) is 0 Å². The smallest absolute Gasteiger partial charge is 0.243 e. The van der Waals surface area contributed by atoms with Gasteiger partial charge in [0.15, 0.2) is 0 Å². The zero-order chi connectivity index (χ0) is 23.7. The Morgan fingerprint density at radius 2 is 1.65 bits per heavy atom. The van der Waals surface area contributed by atoms with E-state index in [1.54, 1.807) is 16.4 Å². The number of rotatable bonds is 4. The van der Waals surface area contributed by atoms with Crippen LogP contribution in [0.1, 0.15) is 50.3 Å². The molecule has 0 bridgehead atoms. The summed E-state index contributed by atoms with van der Waals surface area (Å²) < 4.78 is 28.2. The van der Waals surface area contributed by atoms with Crippen molar-refractivity contribution < 1.29 is 8.42 Å². The summed E-state index contributed by atoms with van der Waals surface area (Å²) in [5.41, 5.74) is 3.29. The fourth-order valence-electron chi connectivity index (χ4n) is 4.61. The average molecular weight is 505 g/mol. The summed E-state index contributed by atoms with van der Waals surface area (Å²) in [6.07, 6.45) is 1.40. The van der Waals surface area contributed by atoms with Gasteiger partial charge in [-0.3, -0.25) is 4.99 Å². The van der Waals surface area contributed by atoms with Crippen LogP contribution in [0.2, 0.25) is 0 Å². The van der Waals surface area contributed by atoms with Crippen molar-refractivity contribution in [1.29, 1.82) is 0 Å². The van der Waals surface area contributed by atoms with E-state index in [2.05, 4.69) is 62.6 Å². The molecule has 1 spiro atoms. The summed E-state index contributed by atoms with van der Waals surface area (Å²) in [7, 11) is -3.51. The number of nitrogens with one attached hydrogen (secondary N) is 2. The summed E-state index contributed by atoms with van der Waals surface area (Å²) in [5, 5.41) is 7.19. The first kappa shape index (κ1) is 26.7. The predicted molar refractivity (Wildman–Crippen MR) is 141 cm³/mol. The number of aryl methyl sites for hydroxylation is 1. The molecule has 6 nitrogen and oxygen atoms in total. The van der Waals surface area contributed by atoms with E-state index in [9.17, 15) is 8.42 Å². The Kier molecular flexibility index (Phi) is 8.13. The Bertz CT molecular complexity index is 1100. The van der Waals surface area contributed by atoms with Gasteiger partial charge >= 0.3 is 0 Å². The van der Waals surface area contributed by atoms with Crippen LogP contribution in [0.4, 0.5) is 0 Å². The van der Waals surface area contributed by atoms with Crippen molar-refractivity contribution in [3.63, 3.8) is 0 Å². The number of sulfonamides is 1. The van der Waals surface area contributed by atoms with Gasteiger partial charge < -0.3 is 10.6 Å². The molecule has 0 aromatic heterocycles. The molecule has 0 saturated carbocycles. The third-order valence-electron chi connectivity index (χ3n) is 6.81. The van der Waals surface area contributed by atoms with Crippen LogP contribution in [0, 0.1) is 6.92 Å². The minimum absolute atomic E-state index is 0. The Balaban J connectivity index is 0.00000324. The predicted octanol–water partition coefficient (Wildman–Crippen LogP) is 4.03. The van der Waals surface area contributed by atoms with E-state index in [1.807, 2.05) is 12.1 Å². The fraction of sp³-hybridized carbons (Fsp3) is 0.500. The first-order valence-electron chi connectivity index (χ1n) is 11.8. The molecule has 2 aromatic carbocycles. The number of nitrogens with zero attached hydrogens (tertiary/aromatic N) is 2. The molecule has 2 aliphatic heterocycles. The van der Waals surface area contributed by atoms with Crippen molar-refractivity contribution in [3.8, 4) is 0 Å². The van der Waals surface area contributed by atoms with Gasteiger partial charge in [0.05, 0.1) is 17.0 Å². The molecule has 0 atom stereocenters. The zero-order valence-corrected chi connectivity index (χ0v) is 22.2. The Labute approximate surface area is 210 Å². The molecule has 1 saturated heterocycles. The first-order valence-corrected chi connectivity index (χ1v) is 13.2. The van der Waals surface area contributed by atoms with Crippen molar-refractivity contribution in [2.45, 2.75) is 62.9 Å². The molecule has 186 valence electrons. The summed E-state index contributed by atoms with van der Waals surface area (Å²) in [6.45, 7) is 11.7. The molecule has 8 heteroatoms. The second-order valence-electron chi connectivity index (χ2n) is 10.3. The van der Waals surface area contributed by atoms with Crippen molar-refractivity contribution in [3.05, 3.63) is 65.2 Å². The third-order valence-corrected chi connectivity index (χ3v) is 8.73. The van der Waals surface area contributed by atoms with Crippen molar-refractivity contribution in [1.82, 2.24) is 14.9 Å². The van der Waals surface area contributed by atoms with Gasteiger partial charge in [-0.1, -0.05) is 62.7 Å². The quantitative estimate of drug-likeness (QED) is 0.659. The highest BCUT2D eigenvalue weighted by molar-refractivity contribution is 7.89. The minimum atomic E-state index is -3.51. The Morgan fingerprint density at radius 1 is 1.03 bits per heavy atom. The van der Waals surface area contributed by atoms with E-state index in [0.717, 1.165) is 24.5 Å². The Morgan fingerprint density at radius 3 is 2.24 bits per heavy atom. The molecular formula is C26H37ClN4O2S. The standard InChI is InChI=1S/C26H36N4O2S.ClH/c1-20-5-7-21(8-6-20)19-28-24-26(29-16-15-27-24)13-17-30(18-14-26)33(31,32)23-11-9-22(10-12-23)25(2,3)4;/h5-12,29H,13-19H2,1-4H3,(H,27,28);1H. The lowest BCUT2D eigenvalue weighted by Crippen LogP contribution is -2.64. The maximum absolute atomic E-state index is 13.3. The molecule has 0 radical (unpaired) electrons. The molecular weight excluding hydrogens is 468 g/mol. The fourth-order valence-corrected chi connectivity index (χ4v) is 6.05. The van der Waals surface area contributed by atoms with Gasteiger partial charge in [-0.25, -0.2) is 8.42 Å². The van der Waals surface area contributed by atoms with Crippen LogP contribution < -0.4 is 10.6 Å². The molecule has 2 aliphatic rings. The maximum Gasteiger partial charge on any atom is 0.243 e. The van der Waals surface area contributed by atoms with Gasteiger partial charge in [0.25, 0.3) is 0 Å². The molecule has 4 rings (SSSR count). The maximum atomic E-state index is 13.3. The van der Waals surface area contributed by atoms with Gasteiger partial charge in [0, 0.05) is 26.2 Å². The number of aliphatic imine (C=N–C) groups is 1. The van der Waals surface area contributed by atoms with E-state index in [0.29, 0.717) is 37.4 Å². The zero-order valence-electron chi connectivity index (χ0n) is 20.6. The van der Waals surface area contributed by atoms with E-state index in [4.69, 9.17) is 4.99 Å². The molecule has 2 N–H and O–H groups in total. The number of hydrogen-bond acceptors (Lipinski definition) is 5. The Hall–Kier alpha value is -1.93. The lowest BCUT2D eigenvalue weighted by molar-refractivity contribution is 0.241. The van der Waals surface area contributed by atoms with Crippen LogP contribution in [0.25, 0.3) is 0 Å². The summed E-state index contributed by atoms with van der Waals surface area (Å²) in [5.74, 6) is 0.959. The number of hydrogen-bond donors (Lipinski definition) is 2. The number of halogens is 1. The largest absolute Gasteiger partial charge is 0.368 e. The van der Waals surface area contributed by atoms with Gasteiger partial charge in [-0.15, -0.1) is 12.4 Å². The topological polar surface area (TPSA) is 73.8 Å². The van der Waals surface area contributed by atoms with Gasteiger partial charge in [-0.05, 0) is 48.4 Å². The van der Waals surface area contributed by atoms with Crippen LogP contribution in [0.3, 0.4) is 0 Å². The molecule has 0 aliphatic carbocycles. The third kappa shape index (κ3) is 5.65. The summed E-state index contributed by atoms with van der Waals surface area (Å²) >= 11 is 0. The molecule has 0 amide bonds. The second kappa shape index (κ2) is 10.4. The monoisotopic (exact) mass is 504 g/mol.